The van der Waals surface area contributed by atoms with Gasteiger partial charge in [0.2, 0.25) is 0 Å². The van der Waals surface area contributed by atoms with Crippen LogP contribution in [0.1, 0.15) is 51.9 Å². The van der Waals surface area contributed by atoms with E-state index in [-0.39, 0.29) is 12.5 Å². The van der Waals surface area contributed by atoms with Crippen LogP contribution in [0.25, 0.3) is 0 Å². The number of hydrogen-bond acceptors (Lipinski definition) is 1. The maximum atomic E-state index is 12.1. The minimum Gasteiger partial charge on any atom is -0.317 e. The molecule has 102 valence electrons. The van der Waals surface area contributed by atoms with Gasteiger partial charge in [0.05, 0.1) is 0 Å². The fourth-order valence-corrected chi connectivity index (χ4v) is 2.98. The molecule has 0 aromatic carbocycles. The molecule has 3 atom stereocenters. The van der Waals surface area contributed by atoms with Crippen LogP contribution in [0.5, 0.6) is 0 Å². The highest BCUT2D eigenvalue weighted by Gasteiger charge is 2.29. The van der Waals surface area contributed by atoms with Gasteiger partial charge >= 0.3 is 6.18 Å². The Morgan fingerprint density at radius 3 is 2.53 bits per heavy atom. The lowest BCUT2D eigenvalue weighted by Gasteiger charge is -2.33. The van der Waals surface area contributed by atoms with Crippen molar-refractivity contribution < 1.29 is 13.2 Å². The third-order valence-corrected chi connectivity index (χ3v) is 3.89. The molecule has 0 spiro atoms. The molecule has 0 amide bonds. The number of nitrogens with one attached hydrogen (secondary N) is 1. The van der Waals surface area contributed by atoms with E-state index in [1.165, 1.54) is 19.3 Å². The summed E-state index contributed by atoms with van der Waals surface area (Å²) in [4.78, 5) is 0. The van der Waals surface area contributed by atoms with Gasteiger partial charge in [-0.25, -0.2) is 0 Å². The quantitative estimate of drug-likeness (QED) is 0.774. The second-order valence-corrected chi connectivity index (χ2v) is 5.43. The lowest BCUT2D eigenvalue weighted by atomic mass is 9.77. The van der Waals surface area contributed by atoms with Crippen LogP contribution < -0.4 is 5.32 Å². The highest BCUT2D eigenvalue weighted by atomic mass is 19.4. The van der Waals surface area contributed by atoms with E-state index in [9.17, 15) is 13.2 Å². The summed E-state index contributed by atoms with van der Waals surface area (Å²) in [5.41, 5.74) is 0. The number of hydrogen-bond donors (Lipinski definition) is 1. The summed E-state index contributed by atoms with van der Waals surface area (Å²) in [6.07, 6.45) is 1.08. The fraction of sp³-hybridized carbons (Fsp3) is 1.00. The van der Waals surface area contributed by atoms with Crippen LogP contribution in [-0.4, -0.2) is 19.3 Å². The van der Waals surface area contributed by atoms with E-state index >= 15 is 0 Å². The monoisotopic (exact) mass is 251 g/mol. The molecule has 0 aromatic heterocycles. The van der Waals surface area contributed by atoms with Gasteiger partial charge in [0, 0.05) is 12.5 Å². The average molecular weight is 251 g/mol. The van der Waals surface area contributed by atoms with Crippen molar-refractivity contribution in [2.75, 3.05) is 7.05 Å². The smallest absolute Gasteiger partial charge is 0.317 e. The lowest BCUT2D eigenvalue weighted by Crippen LogP contribution is -2.36. The molecule has 1 aliphatic rings. The Balaban J connectivity index is 2.32. The van der Waals surface area contributed by atoms with Gasteiger partial charge in [0.1, 0.15) is 0 Å². The first-order chi connectivity index (χ1) is 7.92. The molecule has 0 radical (unpaired) electrons. The van der Waals surface area contributed by atoms with E-state index < -0.39 is 12.6 Å². The SMILES string of the molecule is CNC(CCCC(F)(F)F)C1CCCC(C)C1. The van der Waals surface area contributed by atoms with E-state index in [1.807, 2.05) is 7.05 Å². The van der Waals surface area contributed by atoms with Gasteiger partial charge in [-0.3, -0.25) is 0 Å². The molecule has 0 bridgehead atoms. The first-order valence-corrected chi connectivity index (χ1v) is 6.66. The minimum atomic E-state index is -4.00. The van der Waals surface area contributed by atoms with Gasteiger partial charge in [-0.05, 0) is 44.6 Å². The molecular formula is C13H24F3N. The molecular weight excluding hydrogens is 227 g/mol. The molecule has 0 saturated heterocycles. The number of rotatable bonds is 5. The molecule has 0 heterocycles. The molecule has 0 aliphatic heterocycles. The first-order valence-electron chi connectivity index (χ1n) is 6.66. The van der Waals surface area contributed by atoms with Gasteiger partial charge in [-0.15, -0.1) is 0 Å². The second kappa shape index (κ2) is 6.62. The van der Waals surface area contributed by atoms with E-state index in [2.05, 4.69) is 12.2 Å². The van der Waals surface area contributed by atoms with Gasteiger partial charge in [-0.1, -0.05) is 19.8 Å². The second-order valence-electron chi connectivity index (χ2n) is 5.43. The van der Waals surface area contributed by atoms with Gasteiger partial charge in [-0.2, -0.15) is 13.2 Å². The van der Waals surface area contributed by atoms with Crippen LogP contribution in [-0.2, 0) is 0 Å². The van der Waals surface area contributed by atoms with Crippen LogP contribution in [0.3, 0.4) is 0 Å². The Morgan fingerprint density at radius 1 is 1.29 bits per heavy atom. The van der Waals surface area contributed by atoms with Gasteiger partial charge < -0.3 is 5.32 Å². The molecule has 1 rings (SSSR count). The topological polar surface area (TPSA) is 12.0 Å². The van der Waals surface area contributed by atoms with Crippen molar-refractivity contribution >= 4 is 0 Å². The third kappa shape index (κ3) is 5.75. The number of halogens is 3. The summed E-state index contributed by atoms with van der Waals surface area (Å²) in [7, 11) is 1.87. The summed E-state index contributed by atoms with van der Waals surface area (Å²) in [5.74, 6) is 1.30. The minimum absolute atomic E-state index is 0.250. The van der Waals surface area contributed by atoms with E-state index in [4.69, 9.17) is 0 Å². The molecule has 1 N–H and O–H groups in total. The summed E-state index contributed by atoms with van der Waals surface area (Å²) in [6.45, 7) is 2.24. The summed E-state index contributed by atoms with van der Waals surface area (Å²) in [6, 6.07) is 0.264. The van der Waals surface area contributed by atoms with Crippen molar-refractivity contribution in [1.29, 1.82) is 0 Å². The zero-order valence-corrected chi connectivity index (χ0v) is 10.8. The fourth-order valence-electron chi connectivity index (χ4n) is 2.98. The summed E-state index contributed by atoms with van der Waals surface area (Å²) >= 11 is 0. The molecule has 1 saturated carbocycles. The average Bonchev–Trinajstić information content (AvgIpc) is 2.23. The zero-order chi connectivity index (χ0) is 12.9. The standard InChI is InChI=1S/C13H24F3N/c1-10-5-3-6-11(9-10)12(17-2)7-4-8-13(14,15)16/h10-12,17H,3-9H2,1-2H3. The first kappa shape index (κ1) is 14.8. The number of alkyl halides is 3. The van der Waals surface area contributed by atoms with Crippen LogP contribution >= 0.6 is 0 Å². The van der Waals surface area contributed by atoms with Crippen LogP contribution in [0.4, 0.5) is 13.2 Å². The van der Waals surface area contributed by atoms with E-state index in [0.717, 1.165) is 12.3 Å². The summed E-state index contributed by atoms with van der Waals surface area (Å²) in [5, 5.41) is 3.21. The Bertz CT molecular complexity index is 215. The molecule has 0 aromatic rings. The predicted octanol–water partition coefficient (Wildman–Crippen LogP) is 4.13. The Morgan fingerprint density at radius 2 is 2.00 bits per heavy atom. The van der Waals surface area contributed by atoms with E-state index in [0.29, 0.717) is 12.3 Å². The Kier molecular flexibility index (Phi) is 5.77. The highest BCUT2D eigenvalue weighted by Crippen LogP contribution is 2.33. The van der Waals surface area contributed by atoms with Crippen molar-refractivity contribution in [3.05, 3.63) is 0 Å². The lowest BCUT2D eigenvalue weighted by molar-refractivity contribution is -0.136. The maximum absolute atomic E-state index is 12.1. The molecule has 3 unspecified atom stereocenters. The van der Waals surface area contributed by atoms with E-state index in [1.54, 1.807) is 0 Å². The van der Waals surface area contributed by atoms with Crippen LogP contribution in [0.15, 0.2) is 0 Å². The van der Waals surface area contributed by atoms with Crippen LogP contribution in [0.2, 0.25) is 0 Å². The third-order valence-electron chi connectivity index (χ3n) is 3.89. The Labute approximate surface area is 102 Å². The molecule has 4 heteroatoms. The van der Waals surface area contributed by atoms with Crippen molar-refractivity contribution in [2.45, 2.75) is 64.1 Å². The zero-order valence-electron chi connectivity index (χ0n) is 10.8. The highest BCUT2D eigenvalue weighted by molar-refractivity contribution is 4.80. The maximum Gasteiger partial charge on any atom is 0.389 e. The van der Waals surface area contributed by atoms with Crippen molar-refractivity contribution in [3.8, 4) is 0 Å². The normalized spacial score (nSPS) is 28.1. The largest absolute Gasteiger partial charge is 0.389 e. The van der Waals surface area contributed by atoms with Gasteiger partial charge in [0.15, 0.2) is 0 Å². The molecule has 17 heavy (non-hydrogen) atoms. The van der Waals surface area contributed by atoms with Crippen molar-refractivity contribution in [3.63, 3.8) is 0 Å². The van der Waals surface area contributed by atoms with Crippen molar-refractivity contribution in [1.82, 2.24) is 5.32 Å². The predicted molar refractivity (Wildman–Crippen MR) is 63.9 cm³/mol. The molecule has 1 fully saturated rings. The van der Waals surface area contributed by atoms with Gasteiger partial charge in [0.25, 0.3) is 0 Å². The van der Waals surface area contributed by atoms with Crippen LogP contribution in [0, 0.1) is 11.8 Å². The Hall–Kier alpha value is -0.250. The molecule has 1 aliphatic carbocycles. The summed E-state index contributed by atoms with van der Waals surface area (Å²) < 4.78 is 36.3. The van der Waals surface area contributed by atoms with Crippen molar-refractivity contribution in [2.24, 2.45) is 11.8 Å². The molecule has 1 nitrogen and oxygen atoms in total.